The summed E-state index contributed by atoms with van der Waals surface area (Å²) in [6.45, 7) is 14.7. The van der Waals surface area contributed by atoms with Gasteiger partial charge in [-0.3, -0.25) is 24.5 Å². The van der Waals surface area contributed by atoms with Gasteiger partial charge >= 0.3 is 0 Å². The number of hydrogen-bond donors (Lipinski definition) is 0. The van der Waals surface area contributed by atoms with Gasteiger partial charge in [-0.2, -0.15) is 0 Å². The minimum absolute atomic E-state index is 0.00931. The van der Waals surface area contributed by atoms with Gasteiger partial charge in [0.1, 0.15) is 11.5 Å². The molecule has 0 N–H and O–H groups in total. The maximum Gasteiger partial charge on any atom is 0.246 e. The molecule has 3 aromatic rings. The Labute approximate surface area is 240 Å². The Morgan fingerprint density at radius 3 is 2.54 bits per heavy atom. The summed E-state index contributed by atoms with van der Waals surface area (Å²) in [6.07, 6.45) is 3.73. The zero-order valence-electron chi connectivity index (χ0n) is 24.4. The quantitative estimate of drug-likeness (QED) is 0.179. The van der Waals surface area contributed by atoms with Crippen molar-refractivity contribution < 1.29 is 14.0 Å². The summed E-state index contributed by atoms with van der Waals surface area (Å²) in [5.41, 5.74) is 3.62. The molecule has 4 rings (SSSR count). The molecule has 1 unspecified atom stereocenters. The molecule has 1 aliphatic heterocycles. The lowest BCUT2D eigenvalue weighted by Crippen LogP contribution is -2.55. The van der Waals surface area contributed by atoms with Crippen molar-refractivity contribution in [2.75, 3.05) is 31.6 Å². The molecule has 1 fully saturated rings. The first-order valence-corrected chi connectivity index (χ1v) is 13.6. The number of carbonyl (C=O) groups excluding carboxylic acids is 2. The summed E-state index contributed by atoms with van der Waals surface area (Å²) in [5.74, 6) is 0.183. The van der Waals surface area contributed by atoms with E-state index in [1.165, 1.54) is 17.0 Å². The molecule has 2 amide bonds. The molecule has 0 bridgehead atoms. The second kappa shape index (κ2) is 12.4. The number of nitrogens with zero attached hydrogens (tertiary/aromatic N) is 7. The predicted molar refractivity (Wildman–Crippen MR) is 159 cm³/mol. The summed E-state index contributed by atoms with van der Waals surface area (Å²) in [7, 11) is 1.66. The number of anilines is 2. The Morgan fingerprint density at radius 1 is 1.20 bits per heavy atom. The molecule has 0 aliphatic carbocycles. The molecule has 1 aliphatic rings. The summed E-state index contributed by atoms with van der Waals surface area (Å²) < 4.78 is 15.0. The first kappa shape index (κ1) is 29.5. The highest BCUT2D eigenvalue weighted by molar-refractivity contribution is 6.05. The molecule has 1 aromatic carbocycles. The molecular formula is C31H36FN7O2. The number of aryl methyl sites for hydroxylation is 2. The van der Waals surface area contributed by atoms with E-state index >= 15 is 0 Å². The van der Waals surface area contributed by atoms with Crippen molar-refractivity contribution in [3.05, 3.63) is 77.6 Å². The van der Waals surface area contributed by atoms with Gasteiger partial charge in [0.25, 0.3) is 0 Å². The molecule has 0 radical (unpaired) electrons. The molecule has 2 aromatic heterocycles. The normalized spacial score (nSPS) is 15.7. The average molecular weight is 558 g/mol. The van der Waals surface area contributed by atoms with E-state index < -0.39 is 5.82 Å². The monoisotopic (exact) mass is 557 g/mol. The number of piperazine rings is 1. The molecule has 9 nitrogen and oxygen atoms in total. The van der Waals surface area contributed by atoms with E-state index in [2.05, 4.69) is 21.5 Å². The van der Waals surface area contributed by atoms with Gasteiger partial charge in [-0.05, 0) is 56.5 Å². The van der Waals surface area contributed by atoms with Crippen molar-refractivity contribution in [3.8, 4) is 11.3 Å². The number of aliphatic imine (C=N–C) groups is 1. The summed E-state index contributed by atoms with van der Waals surface area (Å²) in [6, 6.07) is 8.09. The Hall–Kier alpha value is -4.47. The van der Waals surface area contributed by atoms with Crippen molar-refractivity contribution in [2.24, 2.45) is 4.99 Å². The smallest absolute Gasteiger partial charge is 0.246 e. The van der Waals surface area contributed by atoms with Gasteiger partial charge in [0.05, 0.1) is 22.8 Å². The maximum atomic E-state index is 15.0. The fraction of sp³-hybridized carbons (Fsp3) is 0.355. The van der Waals surface area contributed by atoms with Crippen LogP contribution < -0.4 is 4.90 Å². The topological polar surface area (TPSA) is 94.9 Å². The zero-order chi connectivity index (χ0) is 29.8. The van der Waals surface area contributed by atoms with Gasteiger partial charge in [-0.25, -0.2) is 14.4 Å². The maximum absolute atomic E-state index is 15.0. The standard InChI is InChI=1S/C31H36FN7O2/c1-8-25(41)37-15-16-38(21(5)17-37)30(33-7)28-31(36-27(22(6)35-28)23-11-9-10-12-24(23)32)39(18-40)29-20(4)13-14-34-26(29)19(2)3/h8-14,18-19,21H,1,15-17H2,2-7H3. The van der Waals surface area contributed by atoms with Crippen LogP contribution in [0.15, 0.2) is 54.2 Å². The molecule has 0 saturated carbocycles. The second-order valence-corrected chi connectivity index (χ2v) is 10.4. The van der Waals surface area contributed by atoms with Crippen LogP contribution in [0.5, 0.6) is 0 Å². The predicted octanol–water partition coefficient (Wildman–Crippen LogP) is 4.81. The summed E-state index contributed by atoms with van der Waals surface area (Å²) >= 11 is 0. The highest BCUT2D eigenvalue weighted by Crippen LogP contribution is 2.36. The van der Waals surface area contributed by atoms with Gasteiger partial charge in [0, 0.05) is 44.5 Å². The molecule has 1 atom stereocenters. The Balaban J connectivity index is 1.95. The van der Waals surface area contributed by atoms with Crippen LogP contribution in [0, 0.1) is 19.7 Å². The Morgan fingerprint density at radius 2 is 1.93 bits per heavy atom. The number of pyridine rings is 1. The van der Waals surface area contributed by atoms with Crippen molar-refractivity contribution in [1.29, 1.82) is 0 Å². The first-order chi connectivity index (χ1) is 19.6. The van der Waals surface area contributed by atoms with E-state index in [1.54, 1.807) is 43.3 Å². The van der Waals surface area contributed by atoms with Gasteiger partial charge in [0.2, 0.25) is 12.3 Å². The fourth-order valence-corrected chi connectivity index (χ4v) is 5.22. The van der Waals surface area contributed by atoms with Crippen molar-refractivity contribution >= 4 is 29.7 Å². The SMILES string of the molecule is C=CC(=O)N1CCN(C(=NC)c2nc(C)c(-c3ccccc3F)nc2N(C=O)c2c(C)ccnc2C(C)C)C(C)C1. The molecule has 10 heteroatoms. The van der Waals surface area contributed by atoms with Crippen LogP contribution in [0.3, 0.4) is 0 Å². The highest BCUT2D eigenvalue weighted by Gasteiger charge is 2.33. The minimum Gasteiger partial charge on any atom is -0.349 e. The lowest BCUT2D eigenvalue weighted by atomic mass is 10.0. The van der Waals surface area contributed by atoms with Gasteiger partial charge in [0.15, 0.2) is 11.7 Å². The fourth-order valence-electron chi connectivity index (χ4n) is 5.22. The lowest BCUT2D eigenvalue weighted by molar-refractivity contribution is -0.128. The molecule has 0 spiro atoms. The number of halogens is 1. The Kier molecular flexibility index (Phi) is 8.90. The van der Waals surface area contributed by atoms with E-state index in [0.717, 1.165) is 11.3 Å². The van der Waals surface area contributed by atoms with Crippen LogP contribution in [0.2, 0.25) is 0 Å². The first-order valence-electron chi connectivity index (χ1n) is 13.6. The minimum atomic E-state index is -0.442. The van der Waals surface area contributed by atoms with E-state index in [4.69, 9.17) is 9.97 Å². The number of carbonyl (C=O) groups is 2. The third-order valence-electron chi connectivity index (χ3n) is 7.27. The van der Waals surface area contributed by atoms with Crippen LogP contribution in [0.25, 0.3) is 11.3 Å². The molecular weight excluding hydrogens is 521 g/mol. The Bertz CT molecular complexity index is 1500. The summed E-state index contributed by atoms with van der Waals surface area (Å²) in [5, 5.41) is 0. The second-order valence-electron chi connectivity index (χ2n) is 10.4. The van der Waals surface area contributed by atoms with Crippen LogP contribution in [0.1, 0.15) is 49.3 Å². The van der Waals surface area contributed by atoms with Crippen LogP contribution in [-0.4, -0.2) is 75.6 Å². The third-order valence-corrected chi connectivity index (χ3v) is 7.27. The largest absolute Gasteiger partial charge is 0.349 e. The van der Waals surface area contributed by atoms with Crippen molar-refractivity contribution in [2.45, 2.75) is 46.6 Å². The van der Waals surface area contributed by atoms with Gasteiger partial charge in [-0.15, -0.1) is 0 Å². The third kappa shape index (κ3) is 5.73. The van der Waals surface area contributed by atoms with Crippen molar-refractivity contribution in [3.63, 3.8) is 0 Å². The number of amidine groups is 1. The van der Waals surface area contributed by atoms with E-state index in [0.29, 0.717) is 54.6 Å². The molecule has 214 valence electrons. The average Bonchev–Trinajstić information content (AvgIpc) is 2.96. The van der Waals surface area contributed by atoms with E-state index in [-0.39, 0.29) is 29.2 Å². The van der Waals surface area contributed by atoms with Gasteiger partial charge < -0.3 is 9.80 Å². The van der Waals surface area contributed by atoms with Crippen LogP contribution >= 0.6 is 0 Å². The highest BCUT2D eigenvalue weighted by atomic mass is 19.1. The zero-order valence-corrected chi connectivity index (χ0v) is 24.4. The lowest BCUT2D eigenvalue weighted by Gasteiger charge is -2.41. The molecule has 3 heterocycles. The van der Waals surface area contributed by atoms with E-state index in [9.17, 15) is 14.0 Å². The number of hydrogen-bond acceptors (Lipinski definition) is 6. The van der Waals surface area contributed by atoms with Crippen LogP contribution in [0.4, 0.5) is 15.9 Å². The number of benzene rings is 1. The molecule has 1 saturated heterocycles. The van der Waals surface area contributed by atoms with Gasteiger partial charge in [-0.1, -0.05) is 32.6 Å². The van der Waals surface area contributed by atoms with E-state index in [1.807, 2.05) is 33.8 Å². The van der Waals surface area contributed by atoms with Crippen molar-refractivity contribution in [1.82, 2.24) is 24.8 Å². The number of rotatable bonds is 7. The van der Waals surface area contributed by atoms with Crippen LogP contribution in [-0.2, 0) is 9.59 Å². The number of amides is 2. The summed E-state index contributed by atoms with van der Waals surface area (Å²) in [4.78, 5) is 49.5. The number of aromatic nitrogens is 3. The molecule has 41 heavy (non-hydrogen) atoms.